The highest BCUT2D eigenvalue weighted by atomic mass is 16.4. The number of aryl methyl sites for hydroxylation is 2. The Morgan fingerprint density at radius 1 is 1.29 bits per heavy atom. The van der Waals surface area contributed by atoms with Gasteiger partial charge in [0, 0.05) is 18.7 Å². The van der Waals surface area contributed by atoms with Crippen LogP contribution in [0.4, 0.5) is 0 Å². The highest BCUT2D eigenvalue weighted by Gasteiger charge is 2.25. The summed E-state index contributed by atoms with van der Waals surface area (Å²) in [4.78, 5) is 4.64. The molecule has 0 bridgehead atoms. The van der Waals surface area contributed by atoms with Crippen LogP contribution in [0.15, 0.2) is 28.7 Å². The van der Waals surface area contributed by atoms with Crippen LogP contribution in [-0.4, -0.2) is 18.1 Å². The summed E-state index contributed by atoms with van der Waals surface area (Å²) in [7, 11) is 0. The van der Waals surface area contributed by atoms with Crippen molar-refractivity contribution in [3.05, 3.63) is 41.5 Å². The van der Waals surface area contributed by atoms with E-state index in [1.165, 1.54) is 5.56 Å². The van der Waals surface area contributed by atoms with Crippen LogP contribution >= 0.6 is 0 Å². The lowest BCUT2D eigenvalue weighted by Gasteiger charge is -2.23. The molecule has 88 valence electrons. The monoisotopic (exact) mass is 228 g/mol. The molecule has 3 nitrogen and oxygen atoms in total. The number of rotatable bonds is 2. The second kappa shape index (κ2) is 4.00. The molecule has 1 saturated heterocycles. The summed E-state index contributed by atoms with van der Waals surface area (Å²) >= 11 is 0. The minimum absolute atomic E-state index is 0.451. The van der Waals surface area contributed by atoms with Crippen LogP contribution in [0.3, 0.4) is 0 Å². The summed E-state index contributed by atoms with van der Waals surface area (Å²) in [6.07, 6.45) is 0. The topological polar surface area (TPSA) is 38.1 Å². The lowest BCUT2D eigenvalue weighted by atomic mass is 10.0. The Hall–Kier alpha value is -1.61. The van der Waals surface area contributed by atoms with Crippen LogP contribution in [0, 0.1) is 13.8 Å². The number of nitrogens with zero attached hydrogens (tertiary/aromatic N) is 1. The van der Waals surface area contributed by atoms with E-state index in [2.05, 4.69) is 41.5 Å². The van der Waals surface area contributed by atoms with Crippen molar-refractivity contribution in [2.24, 2.45) is 0 Å². The van der Waals surface area contributed by atoms with Gasteiger partial charge in [0.25, 0.3) is 0 Å². The van der Waals surface area contributed by atoms with Gasteiger partial charge in [-0.25, -0.2) is 4.98 Å². The number of hydrogen-bond donors (Lipinski definition) is 1. The van der Waals surface area contributed by atoms with Crippen molar-refractivity contribution in [2.75, 3.05) is 13.1 Å². The first kappa shape index (κ1) is 10.5. The highest BCUT2D eigenvalue weighted by molar-refractivity contribution is 5.62. The van der Waals surface area contributed by atoms with Crippen LogP contribution < -0.4 is 5.32 Å². The van der Waals surface area contributed by atoms with Gasteiger partial charge >= 0.3 is 0 Å². The summed E-state index contributed by atoms with van der Waals surface area (Å²) in [6.45, 7) is 6.04. The maximum atomic E-state index is 5.76. The predicted octanol–water partition coefficient (Wildman–Crippen LogP) is 2.65. The Labute approximate surface area is 101 Å². The van der Waals surface area contributed by atoms with Crippen molar-refractivity contribution in [2.45, 2.75) is 19.8 Å². The van der Waals surface area contributed by atoms with Crippen molar-refractivity contribution in [3.8, 4) is 11.3 Å². The van der Waals surface area contributed by atoms with Gasteiger partial charge < -0.3 is 9.73 Å². The molecule has 0 spiro atoms. The number of hydrogen-bond acceptors (Lipinski definition) is 3. The first-order chi connectivity index (χ1) is 8.24. The van der Waals surface area contributed by atoms with E-state index in [1.54, 1.807) is 0 Å². The maximum absolute atomic E-state index is 5.76. The molecule has 17 heavy (non-hydrogen) atoms. The van der Waals surface area contributed by atoms with E-state index in [0.29, 0.717) is 5.92 Å². The number of nitrogens with one attached hydrogen (secondary N) is 1. The molecular weight excluding hydrogens is 212 g/mol. The van der Waals surface area contributed by atoms with Crippen molar-refractivity contribution < 1.29 is 4.42 Å². The fraction of sp³-hybridized carbons (Fsp3) is 0.357. The van der Waals surface area contributed by atoms with E-state index in [4.69, 9.17) is 4.42 Å². The SMILES string of the molecule is Cc1cccc(-c2nc(C3CNC3)oc2C)c1. The van der Waals surface area contributed by atoms with Gasteiger partial charge in [-0.2, -0.15) is 0 Å². The third-order valence-corrected chi connectivity index (χ3v) is 3.24. The van der Waals surface area contributed by atoms with Gasteiger partial charge in [-0.05, 0) is 19.9 Å². The molecule has 1 aromatic carbocycles. The fourth-order valence-corrected chi connectivity index (χ4v) is 2.12. The van der Waals surface area contributed by atoms with E-state index in [9.17, 15) is 0 Å². The standard InChI is InChI=1S/C14H16N2O/c1-9-4-3-5-11(6-9)13-10(2)17-14(16-13)12-7-15-8-12/h3-6,12,15H,7-8H2,1-2H3. The molecule has 3 rings (SSSR count). The summed E-state index contributed by atoms with van der Waals surface area (Å²) in [6, 6.07) is 8.38. The van der Waals surface area contributed by atoms with Gasteiger partial charge in [-0.15, -0.1) is 0 Å². The minimum Gasteiger partial charge on any atom is -0.445 e. The molecule has 2 heterocycles. The summed E-state index contributed by atoms with van der Waals surface area (Å²) < 4.78 is 5.76. The van der Waals surface area contributed by atoms with Crippen molar-refractivity contribution in [1.82, 2.24) is 10.3 Å². The lowest BCUT2D eigenvalue weighted by molar-refractivity contribution is 0.350. The second-order valence-electron chi connectivity index (χ2n) is 4.68. The van der Waals surface area contributed by atoms with Crippen LogP contribution in [-0.2, 0) is 0 Å². The molecular formula is C14H16N2O. The van der Waals surface area contributed by atoms with Gasteiger partial charge in [0.1, 0.15) is 11.5 Å². The van der Waals surface area contributed by atoms with Gasteiger partial charge in [-0.1, -0.05) is 23.8 Å². The Morgan fingerprint density at radius 3 is 2.76 bits per heavy atom. The average molecular weight is 228 g/mol. The second-order valence-corrected chi connectivity index (χ2v) is 4.68. The third-order valence-electron chi connectivity index (χ3n) is 3.24. The quantitative estimate of drug-likeness (QED) is 0.858. The molecule has 0 atom stereocenters. The van der Waals surface area contributed by atoms with Crippen LogP contribution in [0.5, 0.6) is 0 Å². The predicted molar refractivity (Wildman–Crippen MR) is 67.0 cm³/mol. The van der Waals surface area contributed by atoms with Crippen molar-refractivity contribution in [3.63, 3.8) is 0 Å². The van der Waals surface area contributed by atoms with Crippen LogP contribution in [0.2, 0.25) is 0 Å². The molecule has 3 heteroatoms. The summed E-state index contributed by atoms with van der Waals surface area (Å²) in [5.74, 6) is 2.24. The average Bonchev–Trinajstić information content (AvgIpc) is 2.57. The molecule has 1 aromatic heterocycles. The first-order valence-corrected chi connectivity index (χ1v) is 5.99. The normalized spacial score (nSPS) is 15.9. The summed E-state index contributed by atoms with van der Waals surface area (Å²) in [5.41, 5.74) is 3.37. The van der Waals surface area contributed by atoms with E-state index < -0.39 is 0 Å². The van der Waals surface area contributed by atoms with Gasteiger partial charge in [0.15, 0.2) is 0 Å². The number of oxazole rings is 1. The zero-order chi connectivity index (χ0) is 11.8. The molecule has 0 unspecified atom stereocenters. The molecule has 1 fully saturated rings. The van der Waals surface area contributed by atoms with Crippen LogP contribution in [0.1, 0.15) is 23.1 Å². The number of benzene rings is 1. The van der Waals surface area contributed by atoms with E-state index in [-0.39, 0.29) is 0 Å². The van der Waals surface area contributed by atoms with Crippen molar-refractivity contribution in [1.29, 1.82) is 0 Å². The van der Waals surface area contributed by atoms with E-state index in [1.807, 2.05) is 6.92 Å². The Balaban J connectivity index is 1.99. The molecule has 0 saturated carbocycles. The van der Waals surface area contributed by atoms with Crippen LogP contribution in [0.25, 0.3) is 11.3 Å². The Kier molecular flexibility index (Phi) is 2.48. The molecule has 1 N–H and O–H groups in total. The third kappa shape index (κ3) is 1.87. The van der Waals surface area contributed by atoms with E-state index in [0.717, 1.165) is 36.0 Å². The van der Waals surface area contributed by atoms with Gasteiger partial charge in [-0.3, -0.25) is 0 Å². The van der Waals surface area contributed by atoms with E-state index >= 15 is 0 Å². The molecule has 0 radical (unpaired) electrons. The molecule has 2 aromatic rings. The number of aromatic nitrogens is 1. The highest BCUT2D eigenvalue weighted by Crippen LogP contribution is 2.28. The molecule has 0 amide bonds. The zero-order valence-corrected chi connectivity index (χ0v) is 10.2. The Bertz CT molecular complexity index is 541. The van der Waals surface area contributed by atoms with Crippen molar-refractivity contribution >= 4 is 0 Å². The lowest BCUT2D eigenvalue weighted by Crippen LogP contribution is -2.40. The van der Waals surface area contributed by atoms with Gasteiger partial charge in [0.2, 0.25) is 5.89 Å². The molecule has 1 aliphatic heterocycles. The fourth-order valence-electron chi connectivity index (χ4n) is 2.12. The first-order valence-electron chi connectivity index (χ1n) is 5.99. The molecule has 0 aliphatic carbocycles. The zero-order valence-electron chi connectivity index (χ0n) is 10.2. The smallest absolute Gasteiger partial charge is 0.200 e. The minimum atomic E-state index is 0.451. The Morgan fingerprint density at radius 2 is 2.12 bits per heavy atom. The maximum Gasteiger partial charge on any atom is 0.200 e. The largest absolute Gasteiger partial charge is 0.445 e. The van der Waals surface area contributed by atoms with Gasteiger partial charge in [0.05, 0.1) is 5.92 Å². The molecule has 1 aliphatic rings. The summed E-state index contributed by atoms with van der Waals surface area (Å²) in [5, 5.41) is 3.24.